The van der Waals surface area contributed by atoms with E-state index in [1.165, 1.54) is 36.4 Å². The minimum absolute atomic E-state index is 0.175. The van der Waals surface area contributed by atoms with Crippen LogP contribution in [-0.4, -0.2) is 16.3 Å². The number of aromatic amines is 1. The lowest BCUT2D eigenvalue weighted by molar-refractivity contribution is -0.274. The summed E-state index contributed by atoms with van der Waals surface area (Å²) in [5.74, 6) is 0.0446. The molecular weight excluding hydrogens is 472 g/mol. The van der Waals surface area contributed by atoms with Gasteiger partial charge in [0.1, 0.15) is 28.7 Å². The number of ether oxygens (including phenoxy) is 2. The number of imidazole rings is 1. The molecule has 0 amide bonds. The Balaban J connectivity index is 1.55. The fourth-order valence-electron chi connectivity index (χ4n) is 4.00. The summed E-state index contributed by atoms with van der Waals surface area (Å²) in [5.41, 5.74) is 2.78. The smallest absolute Gasteiger partial charge is 0.481 e. The number of benzene rings is 3. The van der Waals surface area contributed by atoms with E-state index in [0.717, 1.165) is 5.56 Å². The zero-order valence-corrected chi connectivity index (χ0v) is 18.7. The second-order valence-electron chi connectivity index (χ2n) is 8.30. The van der Waals surface area contributed by atoms with Crippen molar-refractivity contribution in [1.82, 2.24) is 9.97 Å². The molecule has 0 fully saturated rings. The van der Waals surface area contributed by atoms with Gasteiger partial charge in [0.25, 0.3) is 0 Å². The molecule has 5 rings (SSSR count). The molecule has 4 aromatic rings. The van der Waals surface area contributed by atoms with Crippen LogP contribution in [0.4, 0.5) is 17.6 Å². The summed E-state index contributed by atoms with van der Waals surface area (Å²) >= 11 is 6.23. The van der Waals surface area contributed by atoms with Crippen molar-refractivity contribution in [3.8, 4) is 45.3 Å². The van der Waals surface area contributed by atoms with Crippen LogP contribution < -0.4 is 9.47 Å². The van der Waals surface area contributed by atoms with E-state index in [1.807, 2.05) is 26.0 Å². The fourth-order valence-corrected chi connectivity index (χ4v) is 4.26. The number of hydrogen-bond acceptors (Lipinski definition) is 3. The third-order valence-corrected chi connectivity index (χ3v) is 5.84. The Morgan fingerprint density at radius 3 is 2.38 bits per heavy atom. The molecule has 0 aliphatic carbocycles. The Morgan fingerprint density at radius 1 is 1.00 bits per heavy atom. The Labute approximate surface area is 197 Å². The lowest BCUT2D eigenvalue weighted by Crippen LogP contribution is -2.29. The van der Waals surface area contributed by atoms with Gasteiger partial charge in [-0.15, -0.1) is 13.2 Å². The Bertz CT molecular complexity index is 1380. The van der Waals surface area contributed by atoms with Crippen molar-refractivity contribution in [2.75, 3.05) is 0 Å². The lowest BCUT2D eigenvalue weighted by atomic mass is 9.93. The molecule has 0 bridgehead atoms. The van der Waals surface area contributed by atoms with Gasteiger partial charge in [-0.05, 0) is 61.4 Å². The van der Waals surface area contributed by atoms with Crippen LogP contribution in [0.5, 0.6) is 11.5 Å². The normalized spacial score (nSPS) is 14.2. The zero-order chi connectivity index (χ0) is 24.3. The van der Waals surface area contributed by atoms with E-state index in [-0.39, 0.29) is 16.3 Å². The fraction of sp³-hybridized carbons (Fsp3) is 0.160. The molecule has 34 heavy (non-hydrogen) atoms. The average molecular weight is 489 g/mol. The molecule has 4 nitrogen and oxygen atoms in total. The maximum atomic E-state index is 14.5. The summed E-state index contributed by atoms with van der Waals surface area (Å²) in [5, 5.41) is 0.235. The summed E-state index contributed by atoms with van der Waals surface area (Å²) in [6.07, 6.45) is -4.75. The van der Waals surface area contributed by atoms with Crippen molar-refractivity contribution >= 4 is 11.6 Å². The quantitative estimate of drug-likeness (QED) is 0.300. The van der Waals surface area contributed by atoms with Gasteiger partial charge in [0.15, 0.2) is 0 Å². The van der Waals surface area contributed by atoms with Crippen LogP contribution >= 0.6 is 11.6 Å². The van der Waals surface area contributed by atoms with Gasteiger partial charge in [-0.2, -0.15) is 0 Å². The number of halogens is 5. The van der Waals surface area contributed by atoms with Crippen LogP contribution in [0.2, 0.25) is 5.02 Å². The molecule has 0 atom stereocenters. The third kappa shape index (κ3) is 3.98. The van der Waals surface area contributed by atoms with Crippen LogP contribution in [0.3, 0.4) is 0 Å². The van der Waals surface area contributed by atoms with Gasteiger partial charge >= 0.3 is 6.36 Å². The van der Waals surface area contributed by atoms with Gasteiger partial charge in [0.05, 0.1) is 22.0 Å². The maximum absolute atomic E-state index is 14.5. The number of alkyl halides is 3. The Hall–Kier alpha value is -3.52. The largest absolute Gasteiger partial charge is 0.573 e. The highest BCUT2D eigenvalue weighted by Gasteiger charge is 2.37. The number of nitrogens with one attached hydrogen (secondary N) is 1. The number of H-pyrrole nitrogens is 1. The predicted molar refractivity (Wildman–Crippen MR) is 120 cm³/mol. The van der Waals surface area contributed by atoms with E-state index in [1.54, 1.807) is 12.1 Å². The number of rotatable bonds is 3. The van der Waals surface area contributed by atoms with Crippen molar-refractivity contribution < 1.29 is 27.0 Å². The van der Waals surface area contributed by atoms with Crippen LogP contribution in [0, 0.1) is 5.82 Å². The average Bonchev–Trinajstić information content (AvgIpc) is 3.19. The number of aromatic nitrogens is 2. The molecule has 3 aromatic carbocycles. The molecule has 1 N–H and O–H groups in total. The molecule has 9 heteroatoms. The minimum atomic E-state index is -4.75. The number of nitrogens with zero attached hydrogens (tertiary/aromatic N) is 1. The van der Waals surface area contributed by atoms with E-state index >= 15 is 0 Å². The van der Waals surface area contributed by atoms with Crippen LogP contribution in [0.1, 0.15) is 19.5 Å². The van der Waals surface area contributed by atoms with Gasteiger partial charge in [0, 0.05) is 5.56 Å². The molecule has 0 saturated carbocycles. The molecule has 1 aliphatic heterocycles. The molecule has 174 valence electrons. The van der Waals surface area contributed by atoms with E-state index < -0.39 is 17.8 Å². The predicted octanol–water partition coefficient (Wildman–Crippen LogP) is 7.73. The second kappa shape index (κ2) is 7.77. The van der Waals surface area contributed by atoms with Crippen LogP contribution in [-0.2, 0) is 5.60 Å². The van der Waals surface area contributed by atoms with Crippen molar-refractivity contribution in [2.45, 2.75) is 25.8 Å². The summed E-state index contributed by atoms with van der Waals surface area (Å²) < 4.78 is 61.9. The van der Waals surface area contributed by atoms with Gasteiger partial charge in [-0.1, -0.05) is 35.9 Å². The molecule has 0 saturated heterocycles. The summed E-state index contributed by atoms with van der Waals surface area (Å²) in [4.78, 5) is 7.81. The van der Waals surface area contributed by atoms with E-state index in [4.69, 9.17) is 16.3 Å². The SMILES string of the molecule is CC1(C)Oc2cc(-c3ccc(OC(F)(F)F)cc3)ccc2-c2nc(-c3c(F)cccc3Cl)[nH]c21. The summed E-state index contributed by atoms with van der Waals surface area (Å²) in [6.45, 7) is 3.71. The van der Waals surface area contributed by atoms with Gasteiger partial charge in [-0.3, -0.25) is 0 Å². The van der Waals surface area contributed by atoms with E-state index in [0.29, 0.717) is 34.1 Å². The first-order valence-electron chi connectivity index (χ1n) is 10.3. The molecule has 0 spiro atoms. The first-order valence-corrected chi connectivity index (χ1v) is 10.6. The topological polar surface area (TPSA) is 47.1 Å². The van der Waals surface area contributed by atoms with Crippen LogP contribution in [0.15, 0.2) is 60.7 Å². The summed E-state index contributed by atoms with van der Waals surface area (Å²) in [6, 6.07) is 15.4. The van der Waals surface area contributed by atoms with Crippen LogP contribution in [0.25, 0.3) is 33.8 Å². The van der Waals surface area contributed by atoms with Gasteiger partial charge < -0.3 is 14.5 Å². The molecule has 2 heterocycles. The van der Waals surface area contributed by atoms with Crippen molar-refractivity contribution in [3.63, 3.8) is 0 Å². The first kappa shape index (κ1) is 22.3. The van der Waals surface area contributed by atoms with E-state index in [9.17, 15) is 17.6 Å². The van der Waals surface area contributed by atoms with Gasteiger partial charge in [0.2, 0.25) is 0 Å². The monoisotopic (exact) mass is 488 g/mol. The highest BCUT2D eigenvalue weighted by Crippen LogP contribution is 2.46. The minimum Gasteiger partial charge on any atom is -0.481 e. The second-order valence-corrected chi connectivity index (χ2v) is 8.71. The molecule has 1 aromatic heterocycles. The van der Waals surface area contributed by atoms with Crippen molar-refractivity contribution in [1.29, 1.82) is 0 Å². The Kier molecular flexibility index (Phi) is 5.09. The Morgan fingerprint density at radius 2 is 1.71 bits per heavy atom. The zero-order valence-electron chi connectivity index (χ0n) is 17.9. The van der Waals surface area contributed by atoms with Crippen molar-refractivity contribution in [2.24, 2.45) is 0 Å². The third-order valence-electron chi connectivity index (χ3n) is 5.53. The highest BCUT2D eigenvalue weighted by atomic mass is 35.5. The molecule has 1 aliphatic rings. The standard InChI is InChI=1S/C25H17ClF4N2O2/c1-24(2)22-21(31-23(32-22)20-17(26)4-3-5-18(20)27)16-11-8-14(12-19(16)34-24)13-6-9-15(10-7-13)33-25(28,29)30/h3-12H,1-2H3,(H,31,32). The summed E-state index contributed by atoms with van der Waals surface area (Å²) in [7, 11) is 0. The van der Waals surface area contributed by atoms with Gasteiger partial charge in [-0.25, -0.2) is 9.37 Å². The van der Waals surface area contributed by atoms with Crippen molar-refractivity contribution in [3.05, 3.63) is 77.2 Å². The molecule has 0 radical (unpaired) electrons. The molecular formula is C25H17ClF4N2O2. The number of hydrogen-bond donors (Lipinski definition) is 1. The molecule has 0 unspecified atom stereocenters. The first-order chi connectivity index (χ1) is 16.0. The highest BCUT2D eigenvalue weighted by molar-refractivity contribution is 6.33. The maximum Gasteiger partial charge on any atom is 0.573 e. The van der Waals surface area contributed by atoms with E-state index in [2.05, 4.69) is 14.7 Å². The number of fused-ring (bicyclic) bond motifs is 3. The lowest BCUT2D eigenvalue weighted by Gasteiger charge is -2.32.